The lowest BCUT2D eigenvalue weighted by atomic mass is 10.1. The lowest BCUT2D eigenvalue weighted by Gasteiger charge is -2.11. The van der Waals surface area contributed by atoms with Gasteiger partial charge in [0.2, 0.25) is 0 Å². The minimum Gasteiger partial charge on any atom is -0.399 e. The first-order valence-electron chi connectivity index (χ1n) is 5.63. The van der Waals surface area contributed by atoms with Crippen LogP contribution in [0.15, 0.2) is 35.6 Å². The summed E-state index contributed by atoms with van der Waals surface area (Å²) in [6, 6.07) is 7.48. The van der Waals surface area contributed by atoms with E-state index >= 15 is 0 Å². The van der Waals surface area contributed by atoms with E-state index in [4.69, 9.17) is 5.73 Å². The summed E-state index contributed by atoms with van der Waals surface area (Å²) in [4.78, 5) is 11.8. The lowest BCUT2D eigenvalue weighted by molar-refractivity contribution is 0.758. The number of benzene rings is 1. The van der Waals surface area contributed by atoms with Gasteiger partial charge in [-0.2, -0.15) is 0 Å². The van der Waals surface area contributed by atoms with Crippen LogP contribution in [0.3, 0.4) is 0 Å². The standard InChI is InChI=1S/C14H16N2O/c1-4-16-13-6-5-11(10(3)15)8-12(13)9(2)7-14(16)17/h5-8H,3-4,15H2,1-2H3. The Morgan fingerprint density at radius 1 is 1.41 bits per heavy atom. The molecular weight excluding hydrogens is 212 g/mol. The maximum atomic E-state index is 11.8. The molecule has 0 bridgehead atoms. The fourth-order valence-electron chi connectivity index (χ4n) is 2.07. The van der Waals surface area contributed by atoms with Crippen LogP contribution in [0.25, 0.3) is 16.6 Å². The highest BCUT2D eigenvalue weighted by molar-refractivity contribution is 5.85. The topological polar surface area (TPSA) is 48.0 Å². The monoisotopic (exact) mass is 228 g/mol. The van der Waals surface area contributed by atoms with Crippen LogP contribution in [0.4, 0.5) is 0 Å². The van der Waals surface area contributed by atoms with Crippen molar-refractivity contribution in [3.8, 4) is 0 Å². The lowest BCUT2D eigenvalue weighted by Crippen LogP contribution is -2.19. The summed E-state index contributed by atoms with van der Waals surface area (Å²) in [7, 11) is 0. The number of hydrogen-bond acceptors (Lipinski definition) is 2. The van der Waals surface area contributed by atoms with Crippen molar-refractivity contribution < 1.29 is 0 Å². The van der Waals surface area contributed by atoms with Gasteiger partial charge in [-0.3, -0.25) is 4.79 Å². The van der Waals surface area contributed by atoms with Gasteiger partial charge in [-0.1, -0.05) is 12.6 Å². The molecule has 0 amide bonds. The van der Waals surface area contributed by atoms with Crippen molar-refractivity contribution in [2.75, 3.05) is 0 Å². The van der Waals surface area contributed by atoms with Crippen molar-refractivity contribution in [3.63, 3.8) is 0 Å². The molecule has 0 saturated heterocycles. The molecular formula is C14H16N2O. The maximum absolute atomic E-state index is 11.8. The quantitative estimate of drug-likeness (QED) is 0.857. The Kier molecular flexibility index (Phi) is 2.76. The number of aryl methyl sites for hydroxylation is 2. The fraction of sp³-hybridized carbons (Fsp3) is 0.214. The third-order valence-electron chi connectivity index (χ3n) is 3.01. The molecule has 0 radical (unpaired) electrons. The minimum atomic E-state index is 0.0387. The minimum absolute atomic E-state index is 0.0387. The van der Waals surface area contributed by atoms with E-state index in [9.17, 15) is 4.79 Å². The smallest absolute Gasteiger partial charge is 0.251 e. The largest absolute Gasteiger partial charge is 0.399 e. The van der Waals surface area contributed by atoms with E-state index in [0.29, 0.717) is 12.2 Å². The zero-order valence-corrected chi connectivity index (χ0v) is 10.2. The van der Waals surface area contributed by atoms with Gasteiger partial charge in [-0.15, -0.1) is 0 Å². The first-order chi connectivity index (χ1) is 8.04. The molecule has 0 fully saturated rings. The second-order valence-electron chi connectivity index (χ2n) is 4.17. The molecule has 3 nitrogen and oxygen atoms in total. The van der Waals surface area contributed by atoms with E-state index < -0.39 is 0 Å². The third-order valence-corrected chi connectivity index (χ3v) is 3.01. The van der Waals surface area contributed by atoms with Crippen molar-refractivity contribution in [2.24, 2.45) is 5.73 Å². The molecule has 1 heterocycles. The average Bonchev–Trinajstić information content (AvgIpc) is 2.29. The molecule has 0 saturated carbocycles. The maximum Gasteiger partial charge on any atom is 0.251 e. The van der Waals surface area contributed by atoms with Gasteiger partial charge >= 0.3 is 0 Å². The van der Waals surface area contributed by atoms with Crippen LogP contribution in [-0.2, 0) is 6.54 Å². The number of nitrogens with two attached hydrogens (primary N) is 1. The van der Waals surface area contributed by atoms with Crippen molar-refractivity contribution in [2.45, 2.75) is 20.4 Å². The molecule has 17 heavy (non-hydrogen) atoms. The predicted octanol–water partition coefficient (Wildman–Crippen LogP) is 2.26. The zero-order chi connectivity index (χ0) is 12.6. The molecule has 0 atom stereocenters. The van der Waals surface area contributed by atoms with Gasteiger partial charge in [0.05, 0.1) is 5.52 Å². The Labute approximate surface area is 100 Å². The van der Waals surface area contributed by atoms with Gasteiger partial charge in [0.25, 0.3) is 5.56 Å². The van der Waals surface area contributed by atoms with Gasteiger partial charge in [0.1, 0.15) is 0 Å². The van der Waals surface area contributed by atoms with Crippen LogP contribution >= 0.6 is 0 Å². The number of pyridine rings is 1. The van der Waals surface area contributed by atoms with Crippen molar-refractivity contribution in [3.05, 3.63) is 52.3 Å². The average molecular weight is 228 g/mol. The Morgan fingerprint density at radius 3 is 2.71 bits per heavy atom. The summed E-state index contributed by atoms with van der Waals surface area (Å²) in [5, 5.41) is 1.05. The normalized spacial score (nSPS) is 10.7. The molecule has 0 spiro atoms. The molecule has 1 aromatic heterocycles. The fourth-order valence-corrected chi connectivity index (χ4v) is 2.07. The Morgan fingerprint density at radius 2 is 2.12 bits per heavy atom. The SMILES string of the molecule is C=C(N)c1ccc2c(c1)c(C)cc(=O)n2CC. The van der Waals surface area contributed by atoms with Crippen LogP contribution in [0.5, 0.6) is 0 Å². The number of rotatable bonds is 2. The molecule has 2 rings (SSSR count). The summed E-state index contributed by atoms with van der Waals surface area (Å²) in [6.45, 7) is 8.30. The summed E-state index contributed by atoms with van der Waals surface area (Å²) >= 11 is 0. The second kappa shape index (κ2) is 4.09. The van der Waals surface area contributed by atoms with E-state index in [-0.39, 0.29) is 5.56 Å². The number of hydrogen-bond donors (Lipinski definition) is 1. The van der Waals surface area contributed by atoms with Crippen LogP contribution in [0, 0.1) is 6.92 Å². The van der Waals surface area contributed by atoms with E-state index in [1.54, 1.807) is 10.6 Å². The van der Waals surface area contributed by atoms with Gasteiger partial charge in [0.15, 0.2) is 0 Å². The van der Waals surface area contributed by atoms with Gasteiger partial charge in [0, 0.05) is 23.7 Å². The van der Waals surface area contributed by atoms with E-state index in [1.165, 1.54) is 0 Å². The summed E-state index contributed by atoms with van der Waals surface area (Å²) in [5.41, 5.74) is 9.09. The van der Waals surface area contributed by atoms with Crippen LogP contribution in [-0.4, -0.2) is 4.57 Å². The van der Waals surface area contributed by atoms with Crippen molar-refractivity contribution in [1.82, 2.24) is 4.57 Å². The molecule has 1 aromatic carbocycles. The zero-order valence-electron chi connectivity index (χ0n) is 10.2. The highest BCUT2D eigenvalue weighted by Crippen LogP contribution is 2.20. The van der Waals surface area contributed by atoms with Gasteiger partial charge in [-0.05, 0) is 37.1 Å². The molecule has 0 unspecified atom stereocenters. The van der Waals surface area contributed by atoms with Crippen molar-refractivity contribution >= 4 is 16.6 Å². The molecule has 2 N–H and O–H groups in total. The first kappa shape index (κ1) is 11.5. The molecule has 0 aliphatic carbocycles. The van der Waals surface area contributed by atoms with E-state index in [1.807, 2.05) is 32.0 Å². The highest BCUT2D eigenvalue weighted by Gasteiger charge is 2.06. The number of nitrogens with zero attached hydrogens (tertiary/aromatic N) is 1. The second-order valence-corrected chi connectivity index (χ2v) is 4.17. The Balaban J connectivity index is 2.88. The Hall–Kier alpha value is -2.03. The van der Waals surface area contributed by atoms with Gasteiger partial charge < -0.3 is 10.3 Å². The molecule has 0 aliphatic heterocycles. The van der Waals surface area contributed by atoms with Crippen molar-refractivity contribution in [1.29, 1.82) is 0 Å². The predicted molar refractivity (Wildman–Crippen MR) is 71.8 cm³/mol. The third kappa shape index (κ3) is 1.84. The molecule has 3 heteroatoms. The summed E-state index contributed by atoms with van der Waals surface area (Å²) in [6.07, 6.45) is 0. The number of fused-ring (bicyclic) bond motifs is 1. The number of aromatic nitrogens is 1. The van der Waals surface area contributed by atoms with Gasteiger partial charge in [-0.25, -0.2) is 0 Å². The molecule has 0 aliphatic rings. The van der Waals surface area contributed by atoms with E-state index in [0.717, 1.165) is 22.0 Å². The Bertz CT molecular complexity index is 653. The van der Waals surface area contributed by atoms with E-state index in [2.05, 4.69) is 6.58 Å². The molecule has 2 aromatic rings. The van der Waals surface area contributed by atoms with Crippen LogP contribution in [0.2, 0.25) is 0 Å². The summed E-state index contributed by atoms with van der Waals surface area (Å²) < 4.78 is 1.76. The highest BCUT2D eigenvalue weighted by atomic mass is 16.1. The molecule has 88 valence electrons. The van der Waals surface area contributed by atoms with Crippen LogP contribution < -0.4 is 11.3 Å². The van der Waals surface area contributed by atoms with Crippen LogP contribution in [0.1, 0.15) is 18.1 Å². The summed E-state index contributed by atoms with van der Waals surface area (Å²) in [5.74, 6) is 0. The first-order valence-corrected chi connectivity index (χ1v) is 5.63.